The Hall–Kier alpha value is -2.60. The molecule has 1 aromatic carbocycles. The van der Waals surface area contributed by atoms with Gasteiger partial charge >= 0.3 is 12.2 Å². The number of amides is 2. The van der Waals surface area contributed by atoms with Crippen molar-refractivity contribution in [3.8, 4) is 0 Å². The minimum Gasteiger partial charge on any atom is -0.447 e. The number of carbonyl (C=O) groups excluding carboxylic acids is 2. The number of ether oxygens (including phenoxy) is 2. The zero-order valence-electron chi connectivity index (χ0n) is 18.9. The van der Waals surface area contributed by atoms with Gasteiger partial charge in [0.05, 0.1) is 30.3 Å². The van der Waals surface area contributed by atoms with E-state index in [0.717, 1.165) is 6.26 Å². The van der Waals surface area contributed by atoms with Crippen molar-refractivity contribution in [3.63, 3.8) is 0 Å². The predicted octanol–water partition coefficient (Wildman–Crippen LogP) is 2.09. The summed E-state index contributed by atoms with van der Waals surface area (Å²) in [6.45, 7) is 6.26. The normalized spacial score (nSPS) is 26.8. The van der Waals surface area contributed by atoms with Crippen LogP contribution in [0, 0.1) is 17.7 Å². The van der Waals surface area contributed by atoms with Crippen molar-refractivity contribution in [1.82, 2.24) is 5.32 Å². The second-order valence-electron chi connectivity index (χ2n) is 9.63. The number of carbonyl (C=O) groups is 2. The highest BCUT2D eigenvalue weighted by atomic mass is 32.2. The number of rotatable bonds is 6. The number of piperidine rings is 1. The molecule has 1 aromatic rings. The number of benzene rings is 1. The lowest BCUT2D eigenvalue weighted by atomic mass is 10.2. The van der Waals surface area contributed by atoms with Gasteiger partial charge in [0.2, 0.25) is 0 Å². The van der Waals surface area contributed by atoms with Crippen LogP contribution in [-0.2, 0) is 23.8 Å². The molecule has 1 aliphatic carbocycles. The summed E-state index contributed by atoms with van der Waals surface area (Å²) in [5.74, 6) is -0.0571. The topological polar surface area (TPSA) is 114 Å². The fraction of sp³-hybridized carbons (Fsp3) is 0.619. The molecular formula is C21H28FN3O7S. The van der Waals surface area contributed by atoms with Gasteiger partial charge < -0.3 is 19.7 Å². The highest BCUT2D eigenvalue weighted by molar-refractivity contribution is 7.85. The van der Waals surface area contributed by atoms with Crippen LogP contribution < -0.4 is 15.1 Å². The van der Waals surface area contributed by atoms with E-state index in [4.69, 9.17) is 13.7 Å². The van der Waals surface area contributed by atoms with Crippen LogP contribution in [0.25, 0.3) is 0 Å². The summed E-state index contributed by atoms with van der Waals surface area (Å²) in [6, 6.07) is 3.75. The minimum absolute atomic E-state index is 0.0217. The molecule has 3 fully saturated rings. The number of hydrogen-bond acceptors (Lipinski definition) is 8. The van der Waals surface area contributed by atoms with Gasteiger partial charge in [0.15, 0.2) is 0 Å². The van der Waals surface area contributed by atoms with Crippen molar-refractivity contribution in [2.24, 2.45) is 11.8 Å². The van der Waals surface area contributed by atoms with Crippen LogP contribution in [0.5, 0.6) is 0 Å². The maximum Gasteiger partial charge on any atom is 0.414 e. The Labute approximate surface area is 192 Å². The van der Waals surface area contributed by atoms with Gasteiger partial charge in [-0.15, -0.1) is 0 Å². The molecule has 1 N–H and O–H groups in total. The first-order valence-electron chi connectivity index (χ1n) is 10.7. The molecule has 0 bridgehead atoms. The average Bonchev–Trinajstić information content (AvgIpc) is 3.02. The maximum absolute atomic E-state index is 15.0. The number of nitrogens with one attached hydrogen (secondary N) is 1. The Balaban J connectivity index is 1.37. The highest BCUT2D eigenvalue weighted by Gasteiger charge is 2.57. The van der Waals surface area contributed by atoms with Gasteiger partial charge in [0.1, 0.15) is 18.0 Å². The molecular weight excluding hydrogens is 457 g/mol. The van der Waals surface area contributed by atoms with Gasteiger partial charge in [-0.2, -0.15) is 8.42 Å². The zero-order valence-corrected chi connectivity index (χ0v) is 19.7. The van der Waals surface area contributed by atoms with E-state index >= 15 is 0 Å². The second kappa shape index (κ2) is 8.32. The van der Waals surface area contributed by atoms with Gasteiger partial charge in [-0.05, 0) is 39.0 Å². The first-order chi connectivity index (χ1) is 15.3. The maximum atomic E-state index is 15.0. The van der Waals surface area contributed by atoms with Crippen molar-refractivity contribution in [2.45, 2.75) is 38.5 Å². The summed E-state index contributed by atoms with van der Waals surface area (Å²) >= 11 is 0. The molecule has 1 unspecified atom stereocenters. The molecule has 33 heavy (non-hydrogen) atoms. The molecule has 1 saturated carbocycles. The van der Waals surface area contributed by atoms with E-state index < -0.39 is 39.8 Å². The van der Waals surface area contributed by atoms with E-state index in [1.807, 2.05) is 4.90 Å². The fourth-order valence-electron chi connectivity index (χ4n) is 4.38. The molecule has 2 heterocycles. The predicted molar refractivity (Wildman–Crippen MR) is 117 cm³/mol. The summed E-state index contributed by atoms with van der Waals surface area (Å²) in [4.78, 5) is 27.2. The summed E-state index contributed by atoms with van der Waals surface area (Å²) < 4.78 is 52.6. The monoisotopic (exact) mass is 485 g/mol. The fourth-order valence-corrected chi connectivity index (χ4v) is 4.79. The van der Waals surface area contributed by atoms with Gasteiger partial charge in [0.25, 0.3) is 10.1 Å². The van der Waals surface area contributed by atoms with Crippen LogP contribution in [0.1, 0.15) is 20.8 Å². The van der Waals surface area contributed by atoms with Gasteiger partial charge in [0, 0.05) is 31.0 Å². The number of anilines is 2. The Kier molecular flexibility index (Phi) is 5.94. The van der Waals surface area contributed by atoms with E-state index in [-0.39, 0.29) is 36.8 Å². The molecule has 12 heteroatoms. The van der Waals surface area contributed by atoms with Crippen molar-refractivity contribution in [2.75, 3.05) is 42.4 Å². The zero-order chi connectivity index (χ0) is 24.1. The third kappa shape index (κ3) is 5.32. The lowest BCUT2D eigenvalue weighted by Crippen LogP contribution is -2.38. The van der Waals surface area contributed by atoms with E-state index in [1.165, 1.54) is 11.0 Å². The average molecular weight is 486 g/mol. The molecule has 10 nitrogen and oxygen atoms in total. The molecule has 182 valence electrons. The van der Waals surface area contributed by atoms with E-state index in [1.54, 1.807) is 32.9 Å². The van der Waals surface area contributed by atoms with Crippen LogP contribution >= 0.6 is 0 Å². The quantitative estimate of drug-likeness (QED) is 0.610. The number of hydrogen-bond donors (Lipinski definition) is 1. The van der Waals surface area contributed by atoms with Crippen molar-refractivity contribution < 1.29 is 36.1 Å². The third-order valence-electron chi connectivity index (χ3n) is 5.86. The van der Waals surface area contributed by atoms with Crippen molar-refractivity contribution in [3.05, 3.63) is 24.0 Å². The lowest BCUT2D eigenvalue weighted by molar-refractivity contribution is 0.0518. The van der Waals surface area contributed by atoms with Crippen LogP contribution in [0.15, 0.2) is 18.2 Å². The minimum atomic E-state index is -3.69. The molecule has 2 amide bonds. The van der Waals surface area contributed by atoms with Crippen LogP contribution in [-0.4, -0.2) is 70.8 Å². The van der Waals surface area contributed by atoms with E-state index in [0.29, 0.717) is 18.8 Å². The summed E-state index contributed by atoms with van der Waals surface area (Å²) in [6.07, 6.45) is -0.226. The van der Waals surface area contributed by atoms with Crippen LogP contribution in [0.2, 0.25) is 0 Å². The lowest BCUT2D eigenvalue weighted by Gasteiger charge is -2.25. The number of nitrogens with zero attached hydrogens (tertiary/aromatic N) is 2. The largest absolute Gasteiger partial charge is 0.447 e. The van der Waals surface area contributed by atoms with E-state index in [9.17, 15) is 22.4 Å². The first kappa shape index (κ1) is 23.6. The van der Waals surface area contributed by atoms with Crippen molar-refractivity contribution in [1.29, 1.82) is 0 Å². The first-order valence-corrected chi connectivity index (χ1v) is 12.5. The number of fused-ring (bicyclic) bond motifs is 1. The highest BCUT2D eigenvalue weighted by Crippen LogP contribution is 2.47. The van der Waals surface area contributed by atoms with E-state index in [2.05, 4.69) is 5.32 Å². The number of cyclic esters (lactones) is 1. The van der Waals surface area contributed by atoms with Gasteiger partial charge in [-0.3, -0.25) is 9.08 Å². The Morgan fingerprint density at radius 3 is 2.52 bits per heavy atom. The smallest absolute Gasteiger partial charge is 0.414 e. The summed E-state index contributed by atoms with van der Waals surface area (Å²) in [7, 11) is -3.69. The Morgan fingerprint density at radius 1 is 1.27 bits per heavy atom. The number of halogens is 1. The molecule has 2 aliphatic heterocycles. The number of alkyl carbamates (subject to hydrolysis) is 1. The third-order valence-corrected chi connectivity index (χ3v) is 6.43. The second-order valence-corrected chi connectivity index (χ2v) is 11.3. The van der Waals surface area contributed by atoms with Crippen LogP contribution in [0.4, 0.5) is 25.4 Å². The molecule has 0 spiro atoms. The molecule has 3 aliphatic rings. The summed E-state index contributed by atoms with van der Waals surface area (Å²) in [5.41, 5.74) is 0.0935. The molecule has 2 saturated heterocycles. The molecule has 4 rings (SSSR count). The SMILES string of the molecule is CC(C)(C)OC(=O)NC1[C@H]2CN(c3ccc(N4C(=O)OCC4COS(C)(=O)=O)cc3F)C[C@H]12. The molecule has 0 aromatic heterocycles. The standard InChI is InChI=1S/C21H28FN3O7S/c1-21(2,3)32-19(26)23-18-14-8-24(9-15(14)18)17-6-5-12(7-16(17)22)25-13(10-30-20(25)27)11-31-33(4,28)29/h5-7,13-15,18H,8-11H2,1-4H3,(H,23,26)/t13?,14-,15-/m0/s1. The van der Waals surface area contributed by atoms with Crippen LogP contribution in [0.3, 0.4) is 0 Å². The van der Waals surface area contributed by atoms with Gasteiger partial charge in [-0.25, -0.2) is 14.0 Å². The van der Waals surface area contributed by atoms with Gasteiger partial charge in [-0.1, -0.05) is 0 Å². The van der Waals surface area contributed by atoms with Crippen molar-refractivity contribution >= 4 is 33.7 Å². The Bertz CT molecular complexity index is 1050. The molecule has 3 atom stereocenters. The Morgan fingerprint density at radius 2 is 1.94 bits per heavy atom. The summed E-state index contributed by atoms with van der Waals surface area (Å²) in [5, 5.41) is 2.88. The molecule has 0 radical (unpaired) electrons.